The van der Waals surface area contributed by atoms with Crippen molar-refractivity contribution in [2.75, 3.05) is 37.6 Å². The van der Waals surface area contributed by atoms with Crippen LogP contribution in [-0.4, -0.2) is 142 Å². The third-order valence-electron chi connectivity index (χ3n) is 10.8. The molecule has 6 rings (SSSR count). The predicted molar refractivity (Wildman–Crippen MR) is 213 cm³/mol. The van der Waals surface area contributed by atoms with E-state index in [-0.39, 0.29) is 44.5 Å². The van der Waals surface area contributed by atoms with Gasteiger partial charge in [0.15, 0.2) is 12.5 Å². The summed E-state index contributed by atoms with van der Waals surface area (Å²) in [4.78, 5) is 53.8. The van der Waals surface area contributed by atoms with E-state index in [4.69, 9.17) is 30.4 Å². The number of alkyl halides is 3. The molecule has 0 saturated carbocycles. The van der Waals surface area contributed by atoms with E-state index in [1.165, 1.54) is 24.3 Å². The zero-order valence-corrected chi connectivity index (χ0v) is 33.6. The second-order valence-electron chi connectivity index (χ2n) is 15.1. The highest BCUT2D eigenvalue weighted by Gasteiger charge is 2.53. The summed E-state index contributed by atoms with van der Waals surface area (Å²) in [6.45, 7) is 1.55. The first kappa shape index (κ1) is 47.2. The number of aromatic amines is 1. The van der Waals surface area contributed by atoms with Crippen LogP contribution in [0.4, 0.5) is 23.7 Å². The lowest BCUT2D eigenvalue weighted by Gasteiger charge is -2.34. The molecule has 3 aliphatic heterocycles. The summed E-state index contributed by atoms with van der Waals surface area (Å²) < 4.78 is 65.3. The average Bonchev–Trinajstić information content (AvgIpc) is 3.69. The molecular weight excluding hydrogens is 845 g/mol. The number of anilines is 1. The lowest BCUT2D eigenvalue weighted by Crippen LogP contribution is -2.59. The number of piperidine rings is 1. The van der Waals surface area contributed by atoms with Crippen LogP contribution in [0.2, 0.25) is 0 Å². The summed E-state index contributed by atoms with van der Waals surface area (Å²) in [5.41, 5.74) is 11.5. The number of ether oxygens (including phenoxy) is 5. The molecule has 1 aromatic heterocycles. The fourth-order valence-corrected chi connectivity index (χ4v) is 7.48. The van der Waals surface area contributed by atoms with Crippen LogP contribution >= 0.6 is 0 Å². The van der Waals surface area contributed by atoms with Crippen molar-refractivity contribution in [1.29, 1.82) is 0 Å². The molecule has 4 heterocycles. The number of halogens is 3. The number of carbonyl (C=O) groups excluding carboxylic acids is 2. The summed E-state index contributed by atoms with van der Waals surface area (Å²) in [6.07, 6.45) is -16.4. The number of aliphatic hydroxyl groups is 4. The number of aromatic nitrogens is 2. The smallest absolute Gasteiger partial charge is 0.490 e. The molecule has 3 unspecified atom stereocenters. The minimum atomic E-state index is -4.77. The van der Waals surface area contributed by atoms with Gasteiger partial charge in [-0.15, -0.1) is 13.2 Å². The van der Waals surface area contributed by atoms with Gasteiger partial charge in [0.1, 0.15) is 66.4 Å². The lowest BCUT2D eigenvalue weighted by molar-refractivity contribution is -0.274. The highest BCUT2D eigenvalue weighted by molar-refractivity contribution is 5.80. The molecule has 2 aromatic carbocycles. The molecule has 3 aliphatic rings. The Balaban J connectivity index is 0.959. The lowest BCUT2D eigenvalue weighted by atomic mass is 9.98. The van der Waals surface area contributed by atoms with E-state index in [2.05, 4.69) is 25.6 Å². The highest BCUT2D eigenvalue weighted by Crippen LogP contribution is 2.34. The first-order valence-corrected chi connectivity index (χ1v) is 20.1. The van der Waals surface area contributed by atoms with Crippen LogP contribution in [0.1, 0.15) is 31.1 Å². The molecule has 3 saturated heterocycles. The summed E-state index contributed by atoms with van der Waals surface area (Å²) in [7, 11) is 0. The van der Waals surface area contributed by atoms with E-state index >= 15 is 0 Å². The van der Waals surface area contributed by atoms with Gasteiger partial charge in [0.25, 0.3) is 5.56 Å². The molecule has 0 bridgehead atoms. The SMILES string of the molecule is NC[C@H]1O[C@@H](O[C@@H](C(NCCCNC(=O)NCc2ccc(N3CCC(Oc4ccc(OC(F)(F)F)cc4)CC3)cc2)C(N)=O)[C@H]2O[C@@H](n3ccc(=O)[nH]c3=O)C(O)C2O)[C@H](O)[C@@H]1O. The average molecular weight is 897 g/mol. The maximum Gasteiger partial charge on any atom is 0.573 e. The van der Waals surface area contributed by atoms with Crippen molar-refractivity contribution in [3.63, 3.8) is 0 Å². The van der Waals surface area contributed by atoms with Crippen molar-refractivity contribution in [1.82, 2.24) is 25.5 Å². The Morgan fingerprint density at radius 3 is 2.19 bits per heavy atom. The van der Waals surface area contributed by atoms with E-state index in [0.29, 0.717) is 31.7 Å². The van der Waals surface area contributed by atoms with Crippen LogP contribution in [-0.2, 0) is 25.5 Å². The molecule has 63 heavy (non-hydrogen) atoms. The predicted octanol–water partition coefficient (Wildman–Crippen LogP) is -1.77. The molecule has 0 aliphatic carbocycles. The zero-order chi connectivity index (χ0) is 45.4. The highest BCUT2D eigenvalue weighted by atomic mass is 19.4. The summed E-state index contributed by atoms with van der Waals surface area (Å²) >= 11 is 0. The minimum Gasteiger partial charge on any atom is -0.490 e. The topological polar surface area (TPSA) is 307 Å². The molecule has 0 spiro atoms. The fourth-order valence-electron chi connectivity index (χ4n) is 7.48. The van der Waals surface area contributed by atoms with Crippen LogP contribution in [0.3, 0.4) is 0 Å². The summed E-state index contributed by atoms with van der Waals surface area (Å²) in [5, 5.41) is 51.4. The van der Waals surface area contributed by atoms with Crippen molar-refractivity contribution in [2.45, 2.75) is 99.6 Å². The third-order valence-corrected chi connectivity index (χ3v) is 10.8. The Hall–Kier alpha value is -5.31. The van der Waals surface area contributed by atoms with Gasteiger partial charge in [-0.2, -0.15) is 0 Å². The Morgan fingerprint density at radius 2 is 1.57 bits per heavy atom. The Labute approximate surface area is 357 Å². The Morgan fingerprint density at radius 1 is 0.889 bits per heavy atom. The molecule has 3 amide bonds. The van der Waals surface area contributed by atoms with Gasteiger partial charge in [0.05, 0.1) is 0 Å². The monoisotopic (exact) mass is 896 g/mol. The largest absolute Gasteiger partial charge is 0.573 e. The number of benzene rings is 2. The van der Waals surface area contributed by atoms with Crippen LogP contribution < -0.4 is 53.0 Å². The number of aliphatic hydroxyl groups excluding tert-OH is 4. The molecule has 24 heteroatoms. The van der Waals surface area contributed by atoms with E-state index in [9.17, 15) is 52.8 Å². The zero-order valence-electron chi connectivity index (χ0n) is 33.6. The fraction of sp³-hybridized carbons (Fsp3) is 0.538. The van der Waals surface area contributed by atoms with Crippen molar-refractivity contribution in [3.05, 3.63) is 87.2 Å². The maximum atomic E-state index is 12.9. The number of nitrogens with zero attached hydrogens (tertiary/aromatic N) is 2. The Bertz CT molecular complexity index is 2090. The first-order valence-electron chi connectivity index (χ1n) is 20.1. The minimum absolute atomic E-state index is 0.0305. The molecule has 12 N–H and O–H groups in total. The van der Waals surface area contributed by atoms with Gasteiger partial charge in [0, 0.05) is 63.5 Å². The molecule has 0 radical (unpaired) electrons. The standard InChI is InChI=1S/C39H51F3N8O13/c40-39(41,42)63-24-8-6-22(7-9-24)59-23-10-15-49(16-11-23)21-4-2-20(3-5-21)19-47-37(57)46-14-1-13-45-27(34(44)56)32(62-36-31(55)28(52)25(18-43)60-36)33-29(53)30(54)35(61-33)50-17-12-26(51)48-38(50)58/h2-9,12,17,23,25,27-33,35-36,45,52-55H,1,10-11,13-16,18-19,43H2,(H2,44,56)(H2,46,47,57)(H,48,51,58)/t25-,27?,28-,29?,30?,31-,32+,33+,35-,36+/m1/s1. The second-order valence-corrected chi connectivity index (χ2v) is 15.1. The number of H-pyrrole nitrogens is 1. The first-order chi connectivity index (χ1) is 30.0. The van der Waals surface area contributed by atoms with Gasteiger partial charge in [-0.25, -0.2) is 9.59 Å². The normalized spacial score (nSPS) is 26.3. The number of nitrogens with one attached hydrogen (secondary N) is 4. The van der Waals surface area contributed by atoms with Gasteiger partial charge in [-0.3, -0.25) is 19.1 Å². The van der Waals surface area contributed by atoms with Crippen LogP contribution in [0, 0.1) is 0 Å². The summed E-state index contributed by atoms with van der Waals surface area (Å²) in [5.74, 6) is -0.884. The van der Waals surface area contributed by atoms with Gasteiger partial charge >= 0.3 is 18.1 Å². The van der Waals surface area contributed by atoms with Crippen molar-refractivity contribution in [3.8, 4) is 11.5 Å². The second kappa shape index (κ2) is 20.9. The number of primary amides is 1. The Kier molecular flexibility index (Phi) is 15.7. The number of rotatable bonds is 18. The number of nitrogens with two attached hydrogens (primary N) is 2. The molecular formula is C39H51F3N8O13. The van der Waals surface area contributed by atoms with Crippen molar-refractivity contribution >= 4 is 17.6 Å². The number of carbonyl (C=O) groups is 2. The van der Waals surface area contributed by atoms with Gasteiger partial charge in [-0.1, -0.05) is 12.1 Å². The molecule has 21 nitrogen and oxygen atoms in total. The van der Waals surface area contributed by atoms with Crippen LogP contribution in [0.5, 0.6) is 11.5 Å². The van der Waals surface area contributed by atoms with Crippen molar-refractivity contribution < 1.29 is 66.9 Å². The van der Waals surface area contributed by atoms with E-state index in [0.717, 1.165) is 28.1 Å². The van der Waals surface area contributed by atoms with Gasteiger partial charge in [0.2, 0.25) is 5.91 Å². The van der Waals surface area contributed by atoms with E-state index < -0.39 is 90.8 Å². The van der Waals surface area contributed by atoms with E-state index in [1.54, 1.807) is 0 Å². The number of urea groups is 1. The molecule has 3 aromatic rings. The number of hydrogen-bond acceptors (Lipinski definition) is 16. The van der Waals surface area contributed by atoms with Crippen LogP contribution in [0.15, 0.2) is 70.4 Å². The molecule has 3 fully saturated rings. The van der Waals surface area contributed by atoms with Crippen LogP contribution in [0.25, 0.3) is 0 Å². The molecule has 346 valence electrons. The quantitative estimate of drug-likeness (QED) is 0.0632. The molecule has 10 atom stereocenters. The summed E-state index contributed by atoms with van der Waals surface area (Å²) in [6, 6.07) is 11.9. The van der Waals surface area contributed by atoms with Crippen molar-refractivity contribution in [2.24, 2.45) is 11.5 Å². The van der Waals surface area contributed by atoms with Gasteiger partial charge < -0.3 is 76.4 Å². The van der Waals surface area contributed by atoms with Gasteiger partial charge in [-0.05, 0) is 54.9 Å². The third kappa shape index (κ3) is 12.2. The maximum absolute atomic E-state index is 12.9. The number of hydrogen-bond donors (Lipinski definition) is 10. The van der Waals surface area contributed by atoms with E-state index in [1.807, 2.05) is 29.2 Å². The number of amides is 3.